The van der Waals surface area contributed by atoms with E-state index in [2.05, 4.69) is 14.4 Å². The summed E-state index contributed by atoms with van der Waals surface area (Å²) >= 11 is 5.72. The molecule has 1 amide bonds. The minimum atomic E-state index is -5.22. The van der Waals surface area contributed by atoms with Crippen LogP contribution in [-0.4, -0.2) is 31.0 Å². The Bertz CT molecular complexity index is 1260. The summed E-state index contributed by atoms with van der Waals surface area (Å²) in [5, 5.41) is 3.63. The van der Waals surface area contributed by atoms with Crippen LogP contribution in [0.2, 0.25) is 5.02 Å². The predicted molar refractivity (Wildman–Crippen MR) is 93.5 cm³/mol. The van der Waals surface area contributed by atoms with Gasteiger partial charge in [-0.05, 0) is 30.3 Å². The molecule has 30 heavy (non-hydrogen) atoms. The van der Waals surface area contributed by atoms with Gasteiger partial charge in [0.2, 0.25) is 0 Å². The molecular weight excluding hydrogens is 462 g/mol. The van der Waals surface area contributed by atoms with Gasteiger partial charge in [0.25, 0.3) is 5.91 Å². The number of rotatable bonds is 2. The minimum absolute atomic E-state index is 0.0533. The van der Waals surface area contributed by atoms with Crippen LogP contribution in [0.15, 0.2) is 45.8 Å². The lowest BCUT2D eigenvalue weighted by Crippen LogP contribution is -2.18. The number of carbonyl (C=O) groups excluding carboxylic acids is 1. The van der Waals surface area contributed by atoms with Crippen molar-refractivity contribution in [1.29, 1.82) is 0 Å². The summed E-state index contributed by atoms with van der Waals surface area (Å²) in [4.78, 5) is 15.7. The van der Waals surface area contributed by atoms with Crippen molar-refractivity contribution in [3.8, 4) is 0 Å². The number of hydrogen-bond donors (Lipinski definition) is 0. The third kappa shape index (κ3) is 4.26. The van der Waals surface area contributed by atoms with E-state index >= 15 is 0 Å². The van der Waals surface area contributed by atoms with Crippen LogP contribution in [0.25, 0.3) is 5.65 Å². The molecule has 0 spiro atoms. The Labute approximate surface area is 169 Å². The number of fused-ring (bicyclic) bond motifs is 1. The van der Waals surface area contributed by atoms with E-state index in [1.54, 1.807) is 0 Å². The SMILES string of the molecule is CS(=O)(=NC(=O)c1cnn2c(C(F)(F)F)cc(C(F)(F)F)nc12)c1ccc(Cl)cc1. The molecule has 160 valence electrons. The van der Waals surface area contributed by atoms with E-state index in [0.29, 0.717) is 11.2 Å². The number of amides is 1. The van der Waals surface area contributed by atoms with Gasteiger partial charge in [0.1, 0.15) is 11.3 Å². The van der Waals surface area contributed by atoms with E-state index in [4.69, 9.17) is 11.6 Å². The van der Waals surface area contributed by atoms with Crippen LogP contribution in [-0.2, 0) is 22.1 Å². The molecule has 0 aliphatic carbocycles. The van der Waals surface area contributed by atoms with E-state index in [1.165, 1.54) is 24.3 Å². The fraction of sp³-hybridized carbons (Fsp3) is 0.188. The molecule has 0 fully saturated rings. The zero-order chi connectivity index (χ0) is 22.5. The molecule has 0 aliphatic rings. The summed E-state index contributed by atoms with van der Waals surface area (Å²) in [5.74, 6) is -1.34. The van der Waals surface area contributed by atoms with Crippen LogP contribution in [0, 0.1) is 0 Å². The molecule has 2 aromatic heterocycles. The first-order chi connectivity index (χ1) is 13.7. The van der Waals surface area contributed by atoms with Gasteiger partial charge in [0.05, 0.1) is 15.9 Å². The summed E-state index contributed by atoms with van der Waals surface area (Å²) in [7, 11) is -3.39. The molecule has 0 aliphatic heterocycles. The van der Waals surface area contributed by atoms with Crippen LogP contribution >= 0.6 is 11.6 Å². The van der Waals surface area contributed by atoms with Crippen LogP contribution in [0.5, 0.6) is 0 Å². The van der Waals surface area contributed by atoms with Crippen molar-refractivity contribution in [3.05, 3.63) is 58.5 Å². The smallest absolute Gasteiger partial charge is 0.266 e. The summed E-state index contributed by atoms with van der Waals surface area (Å²) < 4.78 is 95.0. The lowest BCUT2D eigenvalue weighted by atomic mass is 10.2. The monoisotopic (exact) mass is 470 g/mol. The molecule has 3 aromatic rings. The number of nitrogens with zero attached hydrogens (tertiary/aromatic N) is 4. The molecule has 0 saturated carbocycles. The Morgan fingerprint density at radius 2 is 1.70 bits per heavy atom. The molecule has 1 unspecified atom stereocenters. The molecule has 0 saturated heterocycles. The Kier molecular flexibility index (Phi) is 5.31. The Hall–Kier alpha value is -2.67. The number of hydrogen-bond acceptors (Lipinski definition) is 4. The summed E-state index contributed by atoms with van der Waals surface area (Å²) in [6.07, 6.45) is -8.77. The second-order valence-electron chi connectivity index (χ2n) is 5.97. The average molecular weight is 471 g/mol. The molecule has 1 aromatic carbocycles. The van der Waals surface area contributed by atoms with E-state index in [9.17, 15) is 35.3 Å². The Morgan fingerprint density at radius 1 is 1.10 bits per heavy atom. The lowest BCUT2D eigenvalue weighted by molar-refractivity contribution is -0.148. The maximum absolute atomic E-state index is 13.2. The quantitative estimate of drug-likeness (QED) is 0.508. The third-order valence-electron chi connectivity index (χ3n) is 3.79. The minimum Gasteiger partial charge on any atom is -0.266 e. The zero-order valence-electron chi connectivity index (χ0n) is 14.6. The second-order valence-corrected chi connectivity index (χ2v) is 8.66. The van der Waals surface area contributed by atoms with Gasteiger partial charge in [-0.2, -0.15) is 35.8 Å². The molecule has 0 N–H and O–H groups in total. The number of carbonyl (C=O) groups is 1. The fourth-order valence-electron chi connectivity index (χ4n) is 2.41. The Morgan fingerprint density at radius 3 is 2.23 bits per heavy atom. The number of benzene rings is 1. The van der Waals surface area contributed by atoms with Crippen molar-refractivity contribution in [2.24, 2.45) is 4.36 Å². The third-order valence-corrected chi connectivity index (χ3v) is 5.70. The summed E-state index contributed by atoms with van der Waals surface area (Å²) in [5.41, 5.74) is -5.44. The van der Waals surface area contributed by atoms with Gasteiger partial charge in [0.15, 0.2) is 11.3 Å². The van der Waals surface area contributed by atoms with Gasteiger partial charge >= 0.3 is 12.4 Å². The molecule has 0 bridgehead atoms. The van der Waals surface area contributed by atoms with Crippen molar-refractivity contribution < 1.29 is 35.3 Å². The molecule has 2 heterocycles. The highest BCUT2D eigenvalue weighted by atomic mass is 35.5. The number of alkyl halides is 6. The van der Waals surface area contributed by atoms with Crippen LogP contribution in [0.3, 0.4) is 0 Å². The lowest BCUT2D eigenvalue weighted by Gasteiger charge is -2.12. The fourth-order valence-corrected chi connectivity index (χ4v) is 3.70. The van der Waals surface area contributed by atoms with Gasteiger partial charge in [-0.1, -0.05) is 11.6 Å². The first-order valence-electron chi connectivity index (χ1n) is 7.75. The van der Waals surface area contributed by atoms with Crippen molar-refractivity contribution >= 4 is 32.9 Å². The largest absolute Gasteiger partial charge is 0.433 e. The zero-order valence-corrected chi connectivity index (χ0v) is 16.2. The second kappa shape index (κ2) is 7.23. The van der Waals surface area contributed by atoms with E-state index < -0.39 is 50.6 Å². The first kappa shape index (κ1) is 22.0. The van der Waals surface area contributed by atoms with Gasteiger partial charge in [-0.15, -0.1) is 0 Å². The Balaban J connectivity index is 2.20. The average Bonchev–Trinajstić information content (AvgIpc) is 3.03. The highest BCUT2D eigenvalue weighted by Crippen LogP contribution is 2.35. The molecule has 1 atom stereocenters. The van der Waals surface area contributed by atoms with Gasteiger partial charge in [-0.3, -0.25) is 4.79 Å². The number of aromatic nitrogens is 3. The first-order valence-corrected chi connectivity index (χ1v) is 10.1. The van der Waals surface area contributed by atoms with Crippen molar-refractivity contribution in [1.82, 2.24) is 14.6 Å². The van der Waals surface area contributed by atoms with Crippen LogP contribution in [0.1, 0.15) is 21.7 Å². The maximum atomic E-state index is 13.2. The van der Waals surface area contributed by atoms with Gasteiger partial charge in [-0.25, -0.2) is 13.7 Å². The van der Waals surface area contributed by atoms with E-state index in [-0.39, 0.29) is 15.5 Å². The molecule has 6 nitrogen and oxygen atoms in total. The predicted octanol–water partition coefficient (Wildman–Crippen LogP) is 4.72. The molecule has 3 rings (SSSR count). The normalized spacial score (nSPS) is 14.5. The highest BCUT2D eigenvalue weighted by molar-refractivity contribution is 7.93. The molecule has 0 radical (unpaired) electrons. The van der Waals surface area contributed by atoms with Crippen molar-refractivity contribution in [2.75, 3.05) is 6.26 Å². The van der Waals surface area contributed by atoms with Crippen LogP contribution in [0.4, 0.5) is 26.3 Å². The van der Waals surface area contributed by atoms with Crippen LogP contribution < -0.4 is 0 Å². The molecule has 14 heteroatoms. The highest BCUT2D eigenvalue weighted by Gasteiger charge is 2.41. The van der Waals surface area contributed by atoms with Gasteiger partial charge in [0, 0.05) is 16.2 Å². The van der Waals surface area contributed by atoms with E-state index in [1.807, 2.05) is 0 Å². The standard InChI is InChI=1S/C16H9ClF6N4O2S/c1-30(29,9-4-2-8(17)3-5-9)26-14(28)10-7-24-27-12(16(21,22)23)6-11(15(18,19)20)25-13(10)27/h2-7H,1H3. The summed E-state index contributed by atoms with van der Waals surface area (Å²) in [6.45, 7) is 0. The molecular formula is C16H9ClF6N4O2S. The summed E-state index contributed by atoms with van der Waals surface area (Å²) in [6, 6.07) is 5.17. The van der Waals surface area contributed by atoms with Gasteiger partial charge < -0.3 is 0 Å². The maximum Gasteiger partial charge on any atom is 0.433 e. The van der Waals surface area contributed by atoms with Crippen molar-refractivity contribution in [3.63, 3.8) is 0 Å². The van der Waals surface area contributed by atoms with Crippen molar-refractivity contribution in [2.45, 2.75) is 17.2 Å². The number of halogens is 7. The topological polar surface area (TPSA) is 76.7 Å². The van der Waals surface area contributed by atoms with E-state index in [0.717, 1.165) is 6.26 Å².